The van der Waals surface area contributed by atoms with Crippen LogP contribution in [0.2, 0.25) is 0 Å². The van der Waals surface area contributed by atoms with Gasteiger partial charge in [0.25, 0.3) is 5.56 Å². The van der Waals surface area contributed by atoms with Crippen LogP contribution in [-0.4, -0.2) is 65.9 Å². The Morgan fingerprint density at radius 1 is 1.17 bits per heavy atom. The van der Waals surface area contributed by atoms with Crippen LogP contribution in [0.15, 0.2) is 41.5 Å². The summed E-state index contributed by atoms with van der Waals surface area (Å²) >= 11 is 1.40. The Morgan fingerprint density at radius 2 is 1.91 bits per heavy atom. The number of fused-ring (bicyclic) bond motifs is 1. The molecule has 3 heterocycles. The molecule has 1 saturated heterocycles. The van der Waals surface area contributed by atoms with Crippen molar-refractivity contribution in [1.29, 1.82) is 0 Å². The molecule has 1 amide bonds. The number of thiophene rings is 1. The molecular formula is C26H32N4O4S. The first kappa shape index (κ1) is 24.0. The second-order valence-electron chi connectivity index (χ2n) is 9.39. The van der Waals surface area contributed by atoms with Crippen molar-refractivity contribution in [3.63, 3.8) is 0 Å². The molecule has 2 aliphatic rings. The first-order valence-corrected chi connectivity index (χ1v) is 13.1. The highest BCUT2D eigenvalue weighted by Crippen LogP contribution is 2.34. The Labute approximate surface area is 208 Å². The van der Waals surface area contributed by atoms with E-state index in [1.165, 1.54) is 41.5 Å². The predicted octanol–water partition coefficient (Wildman–Crippen LogP) is 3.28. The molecule has 186 valence electrons. The predicted molar refractivity (Wildman–Crippen MR) is 137 cm³/mol. The molecule has 0 atom stereocenters. The molecule has 3 aromatic rings. The molecule has 2 fully saturated rings. The molecule has 0 spiro atoms. The summed E-state index contributed by atoms with van der Waals surface area (Å²) < 4.78 is 12.7. The van der Waals surface area contributed by atoms with Gasteiger partial charge in [-0.15, -0.1) is 11.3 Å². The van der Waals surface area contributed by atoms with Gasteiger partial charge in [-0.1, -0.05) is 19.3 Å². The molecule has 0 bridgehead atoms. The van der Waals surface area contributed by atoms with Crippen molar-refractivity contribution in [1.82, 2.24) is 19.8 Å². The number of ether oxygens (including phenoxy) is 2. The number of carbonyl (C=O) groups excluding carboxylic acids is 1. The standard InChI is InChI=1S/C26H32N4O4S/c1-33-20-7-5-19(6-8-20)22-15-21-24(35-22)25(32)29(18-28-21)16-23(31)27-17-26(9-3-2-4-10-26)30-11-13-34-14-12-30/h5-8,15,18H,2-4,9-14,16-17H2,1H3,(H,27,31). The lowest BCUT2D eigenvalue weighted by molar-refractivity contribution is -0.123. The maximum Gasteiger partial charge on any atom is 0.271 e. The zero-order valence-electron chi connectivity index (χ0n) is 20.1. The van der Waals surface area contributed by atoms with Gasteiger partial charge < -0.3 is 14.8 Å². The van der Waals surface area contributed by atoms with E-state index >= 15 is 0 Å². The average Bonchev–Trinajstić information content (AvgIpc) is 3.36. The van der Waals surface area contributed by atoms with Gasteiger partial charge in [-0.25, -0.2) is 4.98 Å². The molecular weight excluding hydrogens is 464 g/mol. The molecule has 0 unspecified atom stereocenters. The third-order valence-electron chi connectivity index (χ3n) is 7.27. The summed E-state index contributed by atoms with van der Waals surface area (Å²) in [7, 11) is 1.63. The van der Waals surface area contributed by atoms with Crippen LogP contribution in [0, 0.1) is 0 Å². The van der Waals surface area contributed by atoms with Gasteiger partial charge in [0.15, 0.2) is 0 Å². The zero-order valence-corrected chi connectivity index (χ0v) is 20.9. The fraction of sp³-hybridized carbons (Fsp3) is 0.500. The summed E-state index contributed by atoms with van der Waals surface area (Å²) in [5.74, 6) is 0.628. The second kappa shape index (κ2) is 10.5. The summed E-state index contributed by atoms with van der Waals surface area (Å²) in [4.78, 5) is 34.0. The van der Waals surface area contributed by atoms with Gasteiger partial charge in [0, 0.05) is 30.1 Å². The summed E-state index contributed by atoms with van der Waals surface area (Å²) in [6.45, 7) is 3.88. The van der Waals surface area contributed by atoms with E-state index in [0.717, 1.165) is 55.3 Å². The number of nitrogens with zero attached hydrogens (tertiary/aromatic N) is 3. The summed E-state index contributed by atoms with van der Waals surface area (Å²) in [6.07, 6.45) is 7.27. The number of amides is 1. The van der Waals surface area contributed by atoms with Gasteiger partial charge >= 0.3 is 0 Å². The molecule has 1 aliphatic heterocycles. The van der Waals surface area contributed by atoms with Crippen molar-refractivity contribution in [3.05, 3.63) is 47.0 Å². The fourth-order valence-electron chi connectivity index (χ4n) is 5.28. The third kappa shape index (κ3) is 5.12. The molecule has 1 saturated carbocycles. The second-order valence-corrected chi connectivity index (χ2v) is 10.4. The fourth-order valence-corrected chi connectivity index (χ4v) is 6.35. The molecule has 1 aromatic carbocycles. The van der Waals surface area contributed by atoms with Gasteiger partial charge in [0.1, 0.15) is 17.0 Å². The quantitative estimate of drug-likeness (QED) is 0.540. The average molecular weight is 497 g/mol. The molecule has 5 rings (SSSR count). The normalized spacial score (nSPS) is 18.4. The van der Waals surface area contributed by atoms with Crippen LogP contribution in [0.3, 0.4) is 0 Å². The lowest BCUT2D eigenvalue weighted by atomic mass is 9.79. The Hall–Kier alpha value is -2.75. The van der Waals surface area contributed by atoms with E-state index in [4.69, 9.17) is 9.47 Å². The zero-order chi connectivity index (χ0) is 24.3. The first-order chi connectivity index (χ1) is 17.1. The number of aromatic nitrogens is 2. The van der Waals surface area contributed by atoms with E-state index in [9.17, 15) is 9.59 Å². The molecule has 1 N–H and O–H groups in total. The van der Waals surface area contributed by atoms with Crippen LogP contribution in [-0.2, 0) is 16.1 Å². The topological polar surface area (TPSA) is 85.7 Å². The Morgan fingerprint density at radius 3 is 2.63 bits per heavy atom. The lowest BCUT2D eigenvalue weighted by Gasteiger charge is -2.48. The minimum atomic E-state index is -0.185. The lowest BCUT2D eigenvalue weighted by Crippen LogP contribution is -2.59. The smallest absolute Gasteiger partial charge is 0.271 e. The number of hydrogen-bond acceptors (Lipinski definition) is 7. The first-order valence-electron chi connectivity index (χ1n) is 12.3. The van der Waals surface area contributed by atoms with Crippen LogP contribution in [0.5, 0.6) is 5.75 Å². The van der Waals surface area contributed by atoms with E-state index in [1.807, 2.05) is 30.3 Å². The monoisotopic (exact) mass is 496 g/mol. The molecule has 35 heavy (non-hydrogen) atoms. The van der Waals surface area contributed by atoms with Crippen LogP contribution in [0.4, 0.5) is 0 Å². The van der Waals surface area contributed by atoms with Crippen molar-refractivity contribution in [2.24, 2.45) is 0 Å². The molecule has 0 radical (unpaired) electrons. The van der Waals surface area contributed by atoms with Crippen molar-refractivity contribution < 1.29 is 14.3 Å². The minimum absolute atomic E-state index is 0.00806. The third-order valence-corrected chi connectivity index (χ3v) is 8.43. The van der Waals surface area contributed by atoms with E-state index in [0.29, 0.717) is 16.8 Å². The minimum Gasteiger partial charge on any atom is -0.497 e. The van der Waals surface area contributed by atoms with Gasteiger partial charge in [0.05, 0.1) is 32.2 Å². The van der Waals surface area contributed by atoms with Gasteiger partial charge in [0.2, 0.25) is 5.91 Å². The van der Waals surface area contributed by atoms with E-state index in [-0.39, 0.29) is 23.6 Å². The van der Waals surface area contributed by atoms with Crippen molar-refractivity contribution in [2.75, 3.05) is 40.0 Å². The number of carbonyl (C=O) groups is 1. The molecule has 8 nitrogen and oxygen atoms in total. The number of rotatable bonds is 7. The highest BCUT2D eigenvalue weighted by Gasteiger charge is 2.38. The SMILES string of the molecule is COc1ccc(-c2cc3ncn(CC(=O)NCC4(N5CCOCC5)CCCCC4)c(=O)c3s2)cc1. The van der Waals surface area contributed by atoms with Crippen LogP contribution >= 0.6 is 11.3 Å². The highest BCUT2D eigenvalue weighted by atomic mass is 32.1. The largest absolute Gasteiger partial charge is 0.497 e. The number of hydrogen-bond donors (Lipinski definition) is 1. The van der Waals surface area contributed by atoms with E-state index in [1.54, 1.807) is 7.11 Å². The Kier molecular flexibility index (Phi) is 7.17. The Balaban J connectivity index is 1.29. The number of benzene rings is 1. The highest BCUT2D eigenvalue weighted by molar-refractivity contribution is 7.22. The molecule has 2 aromatic heterocycles. The maximum atomic E-state index is 13.1. The van der Waals surface area contributed by atoms with E-state index < -0.39 is 0 Å². The van der Waals surface area contributed by atoms with Crippen molar-refractivity contribution >= 4 is 27.5 Å². The van der Waals surface area contributed by atoms with Crippen molar-refractivity contribution in [2.45, 2.75) is 44.2 Å². The van der Waals surface area contributed by atoms with Crippen LogP contribution in [0.25, 0.3) is 20.7 Å². The summed E-state index contributed by atoms with van der Waals surface area (Å²) in [6, 6.07) is 9.64. The van der Waals surface area contributed by atoms with Crippen molar-refractivity contribution in [3.8, 4) is 16.2 Å². The van der Waals surface area contributed by atoms with Gasteiger partial charge in [-0.3, -0.25) is 19.1 Å². The van der Waals surface area contributed by atoms with Crippen LogP contribution < -0.4 is 15.6 Å². The summed E-state index contributed by atoms with van der Waals surface area (Å²) in [5.41, 5.74) is 1.45. The van der Waals surface area contributed by atoms with Gasteiger partial charge in [-0.05, 0) is 48.7 Å². The molecule has 1 aliphatic carbocycles. The Bertz CT molecular complexity index is 1220. The number of nitrogens with one attached hydrogen (secondary N) is 1. The molecule has 9 heteroatoms. The van der Waals surface area contributed by atoms with Gasteiger partial charge in [-0.2, -0.15) is 0 Å². The maximum absolute atomic E-state index is 13.1. The number of morpholine rings is 1. The number of methoxy groups -OCH3 is 1. The summed E-state index contributed by atoms with van der Waals surface area (Å²) in [5, 5.41) is 3.14. The van der Waals surface area contributed by atoms with Crippen LogP contribution in [0.1, 0.15) is 32.1 Å². The van der Waals surface area contributed by atoms with E-state index in [2.05, 4.69) is 15.2 Å².